The number of halogens is 1. The molecule has 1 saturated heterocycles. The fraction of sp³-hybridized carbons (Fsp3) is 0.409. The van der Waals surface area contributed by atoms with E-state index in [4.69, 9.17) is 4.74 Å². The summed E-state index contributed by atoms with van der Waals surface area (Å²) in [7, 11) is 0. The number of hydrogen-bond acceptors (Lipinski definition) is 5. The van der Waals surface area contributed by atoms with Gasteiger partial charge in [0.1, 0.15) is 0 Å². The number of rotatable bonds is 5. The number of piperazine rings is 1. The molecule has 3 amide bonds. The van der Waals surface area contributed by atoms with E-state index in [1.807, 2.05) is 13.8 Å². The van der Waals surface area contributed by atoms with Crippen molar-refractivity contribution in [1.29, 1.82) is 0 Å². The highest BCUT2D eigenvalue weighted by atomic mass is 19.1. The predicted octanol–water partition coefficient (Wildman–Crippen LogP) is 3.84. The van der Waals surface area contributed by atoms with Crippen LogP contribution >= 0.6 is 0 Å². The standard InChI is InChI=1S/C22H28FN5O3/c1-4-31-22(30)28-11-10-27(16(3)13-28)14-17-6-5-7-19(20(17)23)26-21(29)25-18-9-8-15(2)24-12-18/h5-9,12,16H,4,10-11,13-14H2,1-3H3,(H2,25,26,29). The molecular weight excluding hydrogens is 401 g/mol. The van der Waals surface area contributed by atoms with Gasteiger partial charge in [-0.1, -0.05) is 12.1 Å². The lowest BCUT2D eigenvalue weighted by molar-refractivity contribution is 0.0540. The van der Waals surface area contributed by atoms with Gasteiger partial charge in [0.25, 0.3) is 0 Å². The van der Waals surface area contributed by atoms with E-state index < -0.39 is 11.8 Å². The van der Waals surface area contributed by atoms with Crippen LogP contribution in [0.1, 0.15) is 25.1 Å². The third kappa shape index (κ3) is 5.91. The minimum Gasteiger partial charge on any atom is -0.450 e. The average molecular weight is 429 g/mol. The van der Waals surface area contributed by atoms with Gasteiger partial charge in [-0.2, -0.15) is 0 Å². The number of carbonyl (C=O) groups excluding carboxylic acids is 2. The van der Waals surface area contributed by atoms with Crippen LogP contribution in [0.2, 0.25) is 0 Å². The van der Waals surface area contributed by atoms with Crippen LogP contribution in [-0.4, -0.2) is 59.2 Å². The summed E-state index contributed by atoms with van der Waals surface area (Å²) in [6.07, 6.45) is 1.22. The Balaban J connectivity index is 1.61. The molecule has 1 fully saturated rings. The molecule has 0 saturated carbocycles. The number of carbonyl (C=O) groups is 2. The number of aryl methyl sites for hydroxylation is 1. The highest BCUT2D eigenvalue weighted by molar-refractivity contribution is 5.99. The van der Waals surface area contributed by atoms with Gasteiger partial charge in [0.15, 0.2) is 5.82 Å². The van der Waals surface area contributed by atoms with E-state index >= 15 is 4.39 Å². The summed E-state index contributed by atoms with van der Waals surface area (Å²) in [6, 6.07) is 7.94. The molecule has 0 bridgehead atoms. The molecule has 1 unspecified atom stereocenters. The SMILES string of the molecule is CCOC(=O)N1CCN(Cc2cccc(NC(=O)Nc3ccc(C)nc3)c2F)C(C)C1. The van der Waals surface area contributed by atoms with E-state index in [0.717, 1.165) is 5.69 Å². The van der Waals surface area contributed by atoms with Crippen LogP contribution in [0.15, 0.2) is 36.5 Å². The van der Waals surface area contributed by atoms with Crippen LogP contribution in [0.25, 0.3) is 0 Å². The Hall–Kier alpha value is -3.20. The van der Waals surface area contributed by atoms with Crippen molar-refractivity contribution >= 4 is 23.5 Å². The lowest BCUT2D eigenvalue weighted by Crippen LogP contribution is -2.53. The predicted molar refractivity (Wildman–Crippen MR) is 116 cm³/mol. The fourth-order valence-corrected chi connectivity index (χ4v) is 3.45. The molecule has 8 nitrogen and oxygen atoms in total. The molecule has 1 atom stereocenters. The van der Waals surface area contributed by atoms with Crippen LogP contribution in [0.4, 0.5) is 25.4 Å². The quantitative estimate of drug-likeness (QED) is 0.754. The summed E-state index contributed by atoms with van der Waals surface area (Å²) in [5.74, 6) is -0.472. The number of anilines is 2. The van der Waals surface area contributed by atoms with E-state index in [1.165, 1.54) is 6.07 Å². The van der Waals surface area contributed by atoms with Crippen molar-refractivity contribution in [1.82, 2.24) is 14.8 Å². The minimum absolute atomic E-state index is 0.0477. The Morgan fingerprint density at radius 3 is 2.71 bits per heavy atom. The maximum absolute atomic E-state index is 15.0. The number of pyridine rings is 1. The first-order chi connectivity index (χ1) is 14.9. The van der Waals surface area contributed by atoms with Crippen LogP contribution in [0.3, 0.4) is 0 Å². The Bertz CT molecular complexity index is 922. The molecule has 2 N–H and O–H groups in total. The third-order valence-electron chi connectivity index (χ3n) is 5.16. The third-order valence-corrected chi connectivity index (χ3v) is 5.16. The Morgan fingerprint density at radius 2 is 2.03 bits per heavy atom. The van der Waals surface area contributed by atoms with Gasteiger partial charge in [-0.05, 0) is 39.0 Å². The Labute approximate surface area is 181 Å². The number of benzene rings is 1. The van der Waals surface area contributed by atoms with Gasteiger partial charge in [0, 0.05) is 43.5 Å². The van der Waals surface area contributed by atoms with Crippen molar-refractivity contribution in [3.8, 4) is 0 Å². The van der Waals surface area contributed by atoms with Crippen molar-refractivity contribution in [3.05, 3.63) is 53.6 Å². The molecule has 0 aliphatic carbocycles. The molecule has 1 aliphatic heterocycles. The monoisotopic (exact) mass is 429 g/mol. The second-order valence-electron chi connectivity index (χ2n) is 7.51. The van der Waals surface area contributed by atoms with Crippen molar-refractivity contribution in [2.45, 2.75) is 33.4 Å². The molecule has 1 aromatic carbocycles. The summed E-state index contributed by atoms with van der Waals surface area (Å²) in [6.45, 7) is 7.99. The maximum atomic E-state index is 15.0. The van der Waals surface area contributed by atoms with E-state index in [2.05, 4.69) is 20.5 Å². The molecule has 2 aromatic rings. The molecule has 2 heterocycles. The molecule has 3 rings (SSSR count). The smallest absolute Gasteiger partial charge is 0.409 e. The first kappa shape index (κ1) is 22.5. The van der Waals surface area contributed by atoms with Crippen molar-refractivity contribution in [2.24, 2.45) is 0 Å². The van der Waals surface area contributed by atoms with E-state index in [1.54, 1.807) is 42.3 Å². The van der Waals surface area contributed by atoms with Crippen LogP contribution < -0.4 is 10.6 Å². The number of urea groups is 1. The molecule has 1 aliphatic rings. The fourth-order valence-electron chi connectivity index (χ4n) is 3.45. The summed E-state index contributed by atoms with van der Waals surface area (Å²) >= 11 is 0. The summed E-state index contributed by atoms with van der Waals surface area (Å²) in [5.41, 5.74) is 1.94. The molecule has 31 heavy (non-hydrogen) atoms. The van der Waals surface area contributed by atoms with Crippen molar-refractivity contribution in [3.63, 3.8) is 0 Å². The number of aromatic nitrogens is 1. The van der Waals surface area contributed by atoms with Gasteiger partial charge < -0.3 is 20.3 Å². The molecule has 1 aromatic heterocycles. The molecular formula is C22H28FN5O3. The first-order valence-electron chi connectivity index (χ1n) is 10.3. The second kappa shape index (κ2) is 10.2. The zero-order valence-corrected chi connectivity index (χ0v) is 18.0. The zero-order valence-electron chi connectivity index (χ0n) is 18.0. The van der Waals surface area contributed by atoms with Crippen LogP contribution in [-0.2, 0) is 11.3 Å². The number of hydrogen-bond donors (Lipinski definition) is 2. The molecule has 166 valence electrons. The van der Waals surface area contributed by atoms with Crippen molar-refractivity contribution in [2.75, 3.05) is 36.9 Å². The summed E-state index contributed by atoms with van der Waals surface area (Å²) in [5, 5.41) is 5.20. The number of amides is 3. The summed E-state index contributed by atoms with van der Waals surface area (Å²) < 4.78 is 20.1. The highest BCUT2D eigenvalue weighted by Crippen LogP contribution is 2.22. The van der Waals surface area contributed by atoms with Gasteiger partial charge in [0.2, 0.25) is 0 Å². The lowest BCUT2D eigenvalue weighted by atomic mass is 10.1. The van der Waals surface area contributed by atoms with Gasteiger partial charge in [-0.15, -0.1) is 0 Å². The normalized spacial score (nSPS) is 16.6. The number of nitrogens with one attached hydrogen (secondary N) is 2. The maximum Gasteiger partial charge on any atom is 0.409 e. The van der Waals surface area contributed by atoms with Crippen molar-refractivity contribution < 1.29 is 18.7 Å². The molecule has 0 radical (unpaired) electrons. The zero-order chi connectivity index (χ0) is 22.4. The van der Waals surface area contributed by atoms with Crippen LogP contribution in [0, 0.1) is 12.7 Å². The van der Waals surface area contributed by atoms with Gasteiger partial charge in [0.05, 0.1) is 24.2 Å². The largest absolute Gasteiger partial charge is 0.450 e. The minimum atomic E-state index is -0.543. The topological polar surface area (TPSA) is 86.8 Å². The second-order valence-corrected chi connectivity index (χ2v) is 7.51. The highest BCUT2D eigenvalue weighted by Gasteiger charge is 2.28. The molecule has 0 spiro atoms. The van der Waals surface area contributed by atoms with Gasteiger partial charge in [-0.25, -0.2) is 14.0 Å². The van der Waals surface area contributed by atoms with E-state index in [-0.39, 0.29) is 17.8 Å². The first-order valence-corrected chi connectivity index (χ1v) is 10.3. The summed E-state index contributed by atoms with van der Waals surface area (Å²) in [4.78, 5) is 32.1. The number of nitrogens with zero attached hydrogens (tertiary/aromatic N) is 3. The van der Waals surface area contributed by atoms with E-state index in [9.17, 15) is 9.59 Å². The van der Waals surface area contributed by atoms with Gasteiger partial charge in [-0.3, -0.25) is 9.88 Å². The Morgan fingerprint density at radius 1 is 1.23 bits per heavy atom. The van der Waals surface area contributed by atoms with E-state index in [0.29, 0.717) is 44.0 Å². The number of ether oxygens (including phenoxy) is 1. The Kier molecular flexibility index (Phi) is 7.41. The average Bonchev–Trinajstić information content (AvgIpc) is 2.74. The lowest BCUT2D eigenvalue weighted by Gasteiger charge is -2.39. The van der Waals surface area contributed by atoms with Crippen LogP contribution in [0.5, 0.6) is 0 Å². The van der Waals surface area contributed by atoms with Gasteiger partial charge >= 0.3 is 12.1 Å². The molecule has 9 heteroatoms.